The number of rotatable bonds is 7. The topological polar surface area (TPSA) is 49.8 Å². The van der Waals surface area contributed by atoms with Crippen LogP contribution in [0.25, 0.3) is 0 Å². The standard InChI is InChI=1S/C15H22INO3/c1-4-7-14(20-3)17(15(18)19)11(2)10-12-8-5-6-9-13(12)16/h5-6,8-9,11,14H,4,7,10H2,1-3H3,(H,18,19)/t11-,14-/m0/s1. The van der Waals surface area contributed by atoms with E-state index in [1.807, 2.05) is 38.1 Å². The van der Waals surface area contributed by atoms with Crippen molar-refractivity contribution in [2.45, 2.75) is 45.4 Å². The molecule has 2 atom stereocenters. The summed E-state index contributed by atoms with van der Waals surface area (Å²) in [6.45, 7) is 3.95. The van der Waals surface area contributed by atoms with Crippen LogP contribution in [0, 0.1) is 3.57 Å². The van der Waals surface area contributed by atoms with E-state index < -0.39 is 6.09 Å². The Balaban J connectivity index is 2.86. The molecule has 5 heteroatoms. The fourth-order valence-electron chi connectivity index (χ4n) is 2.29. The Morgan fingerprint density at radius 1 is 1.45 bits per heavy atom. The molecule has 0 aliphatic rings. The lowest BCUT2D eigenvalue weighted by atomic mass is 10.1. The summed E-state index contributed by atoms with van der Waals surface area (Å²) >= 11 is 2.28. The molecule has 112 valence electrons. The summed E-state index contributed by atoms with van der Waals surface area (Å²) in [6.07, 6.45) is 0.976. The molecule has 1 N–H and O–H groups in total. The van der Waals surface area contributed by atoms with Crippen molar-refractivity contribution in [3.63, 3.8) is 0 Å². The molecule has 1 aromatic carbocycles. The number of carbonyl (C=O) groups is 1. The van der Waals surface area contributed by atoms with Gasteiger partial charge in [-0.3, -0.25) is 4.90 Å². The summed E-state index contributed by atoms with van der Waals surface area (Å²) in [6, 6.07) is 7.92. The maximum absolute atomic E-state index is 11.5. The molecule has 0 heterocycles. The van der Waals surface area contributed by atoms with Crippen molar-refractivity contribution in [2.24, 2.45) is 0 Å². The monoisotopic (exact) mass is 391 g/mol. The molecule has 0 saturated carbocycles. The van der Waals surface area contributed by atoms with Crippen LogP contribution in [-0.4, -0.2) is 35.5 Å². The van der Waals surface area contributed by atoms with Crippen molar-refractivity contribution in [1.82, 2.24) is 4.90 Å². The van der Waals surface area contributed by atoms with Gasteiger partial charge in [-0.2, -0.15) is 0 Å². The number of methoxy groups -OCH3 is 1. The van der Waals surface area contributed by atoms with Gasteiger partial charge in [0, 0.05) is 16.7 Å². The molecule has 1 rings (SSSR count). The van der Waals surface area contributed by atoms with E-state index in [0.29, 0.717) is 12.8 Å². The van der Waals surface area contributed by atoms with E-state index in [1.165, 1.54) is 10.5 Å². The van der Waals surface area contributed by atoms with Crippen LogP contribution in [0.2, 0.25) is 0 Å². The lowest BCUT2D eigenvalue weighted by molar-refractivity contribution is -0.0427. The molecule has 0 saturated heterocycles. The number of halogens is 1. The SMILES string of the molecule is CCC[C@H](OC)N(C(=O)O)[C@@H](C)Cc1ccccc1I. The highest BCUT2D eigenvalue weighted by Crippen LogP contribution is 2.19. The van der Waals surface area contributed by atoms with Gasteiger partial charge in [-0.15, -0.1) is 0 Å². The Kier molecular flexibility index (Phi) is 7.29. The van der Waals surface area contributed by atoms with Crippen molar-refractivity contribution in [1.29, 1.82) is 0 Å². The van der Waals surface area contributed by atoms with Crippen molar-refractivity contribution in [2.75, 3.05) is 7.11 Å². The summed E-state index contributed by atoms with van der Waals surface area (Å²) in [5.41, 5.74) is 1.17. The highest BCUT2D eigenvalue weighted by Gasteiger charge is 2.27. The van der Waals surface area contributed by atoms with Gasteiger partial charge in [-0.1, -0.05) is 31.5 Å². The predicted octanol–water partition coefficient (Wildman–Crippen LogP) is 3.97. The van der Waals surface area contributed by atoms with Gasteiger partial charge >= 0.3 is 6.09 Å². The lowest BCUT2D eigenvalue weighted by Gasteiger charge is -2.33. The number of carboxylic acid groups (broad SMARTS) is 1. The van der Waals surface area contributed by atoms with E-state index in [-0.39, 0.29) is 12.3 Å². The molecule has 0 aliphatic carbocycles. The molecule has 0 bridgehead atoms. The van der Waals surface area contributed by atoms with Crippen molar-refractivity contribution in [3.05, 3.63) is 33.4 Å². The smallest absolute Gasteiger partial charge is 0.409 e. The first-order valence-corrected chi connectivity index (χ1v) is 7.86. The fourth-order valence-corrected chi connectivity index (χ4v) is 2.90. The maximum atomic E-state index is 11.5. The van der Waals surface area contributed by atoms with Gasteiger partial charge in [0.05, 0.1) is 0 Å². The van der Waals surface area contributed by atoms with Gasteiger partial charge in [-0.05, 0) is 54.0 Å². The molecule has 0 radical (unpaired) electrons. The van der Waals surface area contributed by atoms with E-state index >= 15 is 0 Å². The number of nitrogens with zero attached hydrogens (tertiary/aromatic N) is 1. The van der Waals surface area contributed by atoms with Gasteiger partial charge < -0.3 is 9.84 Å². The van der Waals surface area contributed by atoms with Crippen LogP contribution in [0.1, 0.15) is 32.3 Å². The summed E-state index contributed by atoms with van der Waals surface area (Å²) < 4.78 is 6.51. The molecule has 0 fully saturated rings. The van der Waals surface area contributed by atoms with Crippen molar-refractivity contribution in [3.8, 4) is 0 Å². The zero-order valence-corrected chi connectivity index (χ0v) is 14.3. The van der Waals surface area contributed by atoms with E-state index in [9.17, 15) is 9.90 Å². The molecule has 1 amide bonds. The van der Waals surface area contributed by atoms with Crippen LogP contribution >= 0.6 is 22.6 Å². The van der Waals surface area contributed by atoms with Gasteiger partial charge in [-0.25, -0.2) is 4.79 Å². The molecule has 20 heavy (non-hydrogen) atoms. The average molecular weight is 391 g/mol. The second-order valence-corrected chi connectivity index (χ2v) is 5.98. The number of hydrogen-bond acceptors (Lipinski definition) is 2. The number of ether oxygens (including phenoxy) is 1. The summed E-state index contributed by atoms with van der Waals surface area (Å²) in [7, 11) is 1.56. The summed E-state index contributed by atoms with van der Waals surface area (Å²) in [5.74, 6) is 0. The zero-order valence-electron chi connectivity index (χ0n) is 12.2. The molecule has 0 spiro atoms. The fraction of sp³-hybridized carbons (Fsp3) is 0.533. The minimum atomic E-state index is -0.927. The van der Waals surface area contributed by atoms with Crippen LogP contribution in [0.15, 0.2) is 24.3 Å². The number of benzene rings is 1. The summed E-state index contributed by atoms with van der Waals surface area (Å²) in [5, 5.41) is 9.46. The second-order valence-electron chi connectivity index (χ2n) is 4.81. The zero-order chi connectivity index (χ0) is 15.1. The third-order valence-corrected chi connectivity index (χ3v) is 4.34. The van der Waals surface area contributed by atoms with E-state index in [0.717, 1.165) is 9.99 Å². The molecule has 0 unspecified atom stereocenters. The second kappa shape index (κ2) is 8.46. The van der Waals surface area contributed by atoms with Crippen molar-refractivity contribution < 1.29 is 14.6 Å². The minimum absolute atomic E-state index is 0.125. The first-order valence-electron chi connectivity index (χ1n) is 6.78. The van der Waals surface area contributed by atoms with Crippen LogP contribution in [0.5, 0.6) is 0 Å². The van der Waals surface area contributed by atoms with Crippen LogP contribution in [0.3, 0.4) is 0 Å². The van der Waals surface area contributed by atoms with Gasteiger partial charge in [0.1, 0.15) is 6.23 Å². The quantitative estimate of drug-likeness (QED) is 0.565. The average Bonchev–Trinajstić information content (AvgIpc) is 2.40. The summed E-state index contributed by atoms with van der Waals surface area (Å²) in [4.78, 5) is 13.0. The first-order chi connectivity index (χ1) is 9.51. The number of amides is 1. The molecule has 4 nitrogen and oxygen atoms in total. The predicted molar refractivity (Wildman–Crippen MR) is 87.9 cm³/mol. The van der Waals surface area contributed by atoms with Crippen molar-refractivity contribution >= 4 is 28.7 Å². The largest absolute Gasteiger partial charge is 0.465 e. The lowest BCUT2D eigenvalue weighted by Crippen LogP contribution is -2.47. The Morgan fingerprint density at radius 3 is 2.60 bits per heavy atom. The van der Waals surface area contributed by atoms with E-state index in [4.69, 9.17) is 4.74 Å². The van der Waals surface area contributed by atoms with Gasteiger partial charge in [0.25, 0.3) is 0 Å². The number of hydrogen-bond donors (Lipinski definition) is 1. The molecule has 0 aliphatic heterocycles. The van der Waals surface area contributed by atoms with Crippen LogP contribution in [-0.2, 0) is 11.2 Å². The Bertz CT molecular complexity index is 439. The first kappa shape index (κ1) is 17.2. The highest BCUT2D eigenvalue weighted by atomic mass is 127. The van der Waals surface area contributed by atoms with Gasteiger partial charge in [0.15, 0.2) is 0 Å². The minimum Gasteiger partial charge on any atom is -0.465 e. The Morgan fingerprint density at radius 2 is 2.10 bits per heavy atom. The highest BCUT2D eigenvalue weighted by molar-refractivity contribution is 14.1. The van der Waals surface area contributed by atoms with E-state index in [2.05, 4.69) is 22.6 Å². The molecular formula is C15H22INO3. The van der Waals surface area contributed by atoms with Gasteiger partial charge in [0.2, 0.25) is 0 Å². The Labute approximate surface area is 134 Å². The maximum Gasteiger partial charge on any atom is 0.409 e. The van der Waals surface area contributed by atoms with Crippen LogP contribution in [0.4, 0.5) is 4.79 Å². The normalized spacial score (nSPS) is 13.8. The van der Waals surface area contributed by atoms with E-state index in [1.54, 1.807) is 7.11 Å². The Hall–Kier alpha value is -0.820. The third kappa shape index (κ3) is 4.63. The third-order valence-electron chi connectivity index (χ3n) is 3.29. The molecule has 1 aromatic rings. The van der Waals surface area contributed by atoms with Crippen LogP contribution < -0.4 is 0 Å². The molecule has 0 aromatic heterocycles. The molecular weight excluding hydrogens is 369 g/mol.